The second-order valence-corrected chi connectivity index (χ2v) is 6.18. The van der Waals surface area contributed by atoms with Gasteiger partial charge < -0.3 is 19.7 Å². The van der Waals surface area contributed by atoms with Crippen LogP contribution < -0.4 is 0 Å². The molecule has 0 aliphatic heterocycles. The van der Waals surface area contributed by atoms with Gasteiger partial charge in [0, 0.05) is 5.92 Å². The highest BCUT2D eigenvalue weighted by molar-refractivity contribution is 5.97. The zero-order valence-corrected chi connectivity index (χ0v) is 14.8. The lowest BCUT2D eigenvalue weighted by atomic mass is 9.86. The first-order chi connectivity index (χ1) is 11.2. The van der Waals surface area contributed by atoms with Gasteiger partial charge in [-0.2, -0.15) is 0 Å². The van der Waals surface area contributed by atoms with E-state index in [-0.39, 0.29) is 34.9 Å². The van der Waals surface area contributed by atoms with Crippen LogP contribution in [0.3, 0.4) is 0 Å². The predicted octanol–water partition coefficient (Wildman–Crippen LogP) is 3.50. The fourth-order valence-corrected chi connectivity index (χ4v) is 2.46. The maximum Gasteiger partial charge on any atom is 0.338 e. The standard InChI is InChI=1S/C18H26O6/c1-6-7-12-15(17(21)23-10(2)3)13(19)8-9-14(20)16(12)18(22)24-11(4)5/h8-12,19-20H,6-7H2,1-5H3. The van der Waals surface area contributed by atoms with Gasteiger partial charge in [-0.15, -0.1) is 0 Å². The van der Waals surface area contributed by atoms with Crippen molar-refractivity contribution in [1.82, 2.24) is 0 Å². The number of aliphatic hydroxyl groups excluding tert-OH is 2. The van der Waals surface area contributed by atoms with E-state index < -0.39 is 17.9 Å². The van der Waals surface area contributed by atoms with E-state index in [0.717, 1.165) is 0 Å². The molecular formula is C18H26O6. The van der Waals surface area contributed by atoms with E-state index in [1.807, 2.05) is 6.92 Å². The van der Waals surface area contributed by atoms with Crippen molar-refractivity contribution in [2.24, 2.45) is 5.92 Å². The van der Waals surface area contributed by atoms with E-state index in [4.69, 9.17) is 9.47 Å². The maximum absolute atomic E-state index is 12.4. The van der Waals surface area contributed by atoms with Crippen molar-refractivity contribution in [3.63, 3.8) is 0 Å². The molecule has 0 unspecified atom stereocenters. The molecule has 0 aromatic carbocycles. The Morgan fingerprint density at radius 1 is 0.958 bits per heavy atom. The van der Waals surface area contributed by atoms with Gasteiger partial charge in [0.2, 0.25) is 0 Å². The molecule has 134 valence electrons. The Balaban J connectivity index is 3.39. The van der Waals surface area contributed by atoms with Crippen LogP contribution in [0.5, 0.6) is 0 Å². The molecule has 0 amide bonds. The average Bonchev–Trinajstić information content (AvgIpc) is 2.55. The van der Waals surface area contributed by atoms with Crippen LogP contribution in [-0.4, -0.2) is 34.4 Å². The molecule has 2 N–H and O–H groups in total. The number of carbonyl (C=O) groups excluding carboxylic acids is 2. The van der Waals surface area contributed by atoms with Crippen LogP contribution in [0.2, 0.25) is 0 Å². The first kappa shape index (κ1) is 19.8. The van der Waals surface area contributed by atoms with E-state index in [2.05, 4.69) is 0 Å². The Labute approximate surface area is 142 Å². The number of hydrogen-bond donors (Lipinski definition) is 2. The van der Waals surface area contributed by atoms with Gasteiger partial charge in [0.25, 0.3) is 0 Å². The third-order valence-electron chi connectivity index (χ3n) is 3.35. The van der Waals surface area contributed by atoms with Gasteiger partial charge in [-0.1, -0.05) is 13.3 Å². The van der Waals surface area contributed by atoms with E-state index in [0.29, 0.717) is 12.8 Å². The van der Waals surface area contributed by atoms with Crippen LogP contribution in [-0.2, 0) is 19.1 Å². The highest BCUT2D eigenvalue weighted by Gasteiger charge is 2.36. The van der Waals surface area contributed by atoms with Gasteiger partial charge in [0.15, 0.2) is 0 Å². The summed E-state index contributed by atoms with van der Waals surface area (Å²) in [6, 6.07) is 0. The SMILES string of the molecule is CCCC1C(C(=O)OC(C)C)=C(O)C=CC(O)=C1C(=O)OC(C)C. The van der Waals surface area contributed by atoms with Gasteiger partial charge in [0.05, 0.1) is 23.4 Å². The fraction of sp³-hybridized carbons (Fsp3) is 0.556. The number of rotatable bonds is 6. The van der Waals surface area contributed by atoms with Crippen molar-refractivity contribution in [2.45, 2.75) is 59.7 Å². The zero-order chi connectivity index (χ0) is 18.4. The molecule has 24 heavy (non-hydrogen) atoms. The fourth-order valence-electron chi connectivity index (χ4n) is 2.46. The lowest BCUT2D eigenvalue weighted by Gasteiger charge is -2.22. The molecule has 0 radical (unpaired) electrons. The molecule has 0 spiro atoms. The van der Waals surface area contributed by atoms with Gasteiger partial charge in [-0.05, 0) is 46.3 Å². The highest BCUT2D eigenvalue weighted by atomic mass is 16.5. The van der Waals surface area contributed by atoms with Gasteiger partial charge in [-0.25, -0.2) is 9.59 Å². The van der Waals surface area contributed by atoms with Crippen molar-refractivity contribution in [1.29, 1.82) is 0 Å². The molecule has 0 saturated carbocycles. The molecule has 0 atom stereocenters. The molecule has 1 aliphatic rings. The van der Waals surface area contributed by atoms with Gasteiger partial charge >= 0.3 is 11.9 Å². The molecule has 0 fully saturated rings. The number of carbonyl (C=O) groups is 2. The average molecular weight is 338 g/mol. The number of aliphatic hydroxyl groups is 2. The normalized spacial score (nSPS) is 16.0. The Bertz CT molecular complexity index is 532. The Morgan fingerprint density at radius 3 is 1.62 bits per heavy atom. The molecule has 1 aliphatic carbocycles. The molecule has 0 saturated heterocycles. The lowest BCUT2D eigenvalue weighted by molar-refractivity contribution is -0.144. The molecule has 0 heterocycles. The topological polar surface area (TPSA) is 93.1 Å². The largest absolute Gasteiger partial charge is 0.507 e. The van der Waals surface area contributed by atoms with Crippen LogP contribution in [0.1, 0.15) is 47.5 Å². The number of ether oxygens (including phenoxy) is 2. The van der Waals surface area contributed by atoms with Crippen LogP contribution in [0, 0.1) is 5.92 Å². The summed E-state index contributed by atoms with van der Waals surface area (Å²) < 4.78 is 10.4. The van der Waals surface area contributed by atoms with Crippen molar-refractivity contribution >= 4 is 11.9 Å². The number of hydrogen-bond acceptors (Lipinski definition) is 6. The monoisotopic (exact) mass is 338 g/mol. The Kier molecular flexibility index (Phi) is 7.07. The van der Waals surface area contributed by atoms with Crippen LogP contribution >= 0.6 is 0 Å². The van der Waals surface area contributed by atoms with E-state index in [1.54, 1.807) is 27.7 Å². The van der Waals surface area contributed by atoms with Crippen LogP contribution in [0.4, 0.5) is 0 Å². The quantitative estimate of drug-likeness (QED) is 0.720. The molecule has 0 aromatic rings. The number of esters is 2. The summed E-state index contributed by atoms with van der Waals surface area (Å²) >= 11 is 0. The Morgan fingerprint density at radius 2 is 1.33 bits per heavy atom. The smallest absolute Gasteiger partial charge is 0.338 e. The highest BCUT2D eigenvalue weighted by Crippen LogP contribution is 2.34. The third-order valence-corrected chi connectivity index (χ3v) is 3.35. The third kappa shape index (κ3) is 4.88. The summed E-state index contributed by atoms with van der Waals surface area (Å²) in [5, 5.41) is 20.5. The molecule has 0 bridgehead atoms. The second kappa shape index (κ2) is 8.57. The molecule has 1 rings (SSSR count). The summed E-state index contributed by atoms with van der Waals surface area (Å²) in [6.45, 7) is 8.65. The zero-order valence-electron chi connectivity index (χ0n) is 14.8. The molecular weight excluding hydrogens is 312 g/mol. The minimum absolute atomic E-state index is 0.0402. The van der Waals surface area contributed by atoms with Crippen molar-refractivity contribution < 1.29 is 29.3 Å². The van der Waals surface area contributed by atoms with Crippen LogP contribution in [0.25, 0.3) is 0 Å². The van der Waals surface area contributed by atoms with E-state index >= 15 is 0 Å². The first-order valence-electron chi connectivity index (χ1n) is 8.15. The van der Waals surface area contributed by atoms with Crippen LogP contribution in [0.15, 0.2) is 34.8 Å². The van der Waals surface area contributed by atoms with E-state index in [9.17, 15) is 19.8 Å². The Hall–Kier alpha value is -2.24. The minimum atomic E-state index is -0.803. The molecule has 6 heteroatoms. The van der Waals surface area contributed by atoms with Crippen molar-refractivity contribution in [2.75, 3.05) is 0 Å². The lowest BCUT2D eigenvalue weighted by Crippen LogP contribution is -2.27. The van der Waals surface area contributed by atoms with Gasteiger partial charge in [-0.3, -0.25) is 0 Å². The summed E-state index contributed by atoms with van der Waals surface area (Å²) in [5.41, 5.74) is -0.0805. The van der Waals surface area contributed by atoms with Crippen molar-refractivity contribution in [3.8, 4) is 0 Å². The van der Waals surface area contributed by atoms with Crippen molar-refractivity contribution in [3.05, 3.63) is 34.8 Å². The predicted molar refractivity (Wildman–Crippen MR) is 89.3 cm³/mol. The molecule has 0 aromatic heterocycles. The minimum Gasteiger partial charge on any atom is -0.507 e. The first-order valence-corrected chi connectivity index (χ1v) is 8.15. The number of allylic oxidation sites excluding steroid dienone is 2. The summed E-state index contributed by atoms with van der Waals surface area (Å²) in [4.78, 5) is 24.8. The summed E-state index contributed by atoms with van der Waals surface area (Å²) in [6.07, 6.45) is 2.62. The molecule has 6 nitrogen and oxygen atoms in total. The second-order valence-electron chi connectivity index (χ2n) is 6.18. The summed E-state index contributed by atoms with van der Waals surface area (Å²) in [7, 11) is 0. The van der Waals surface area contributed by atoms with E-state index in [1.165, 1.54) is 12.2 Å². The summed E-state index contributed by atoms with van der Waals surface area (Å²) in [5.74, 6) is -2.87. The van der Waals surface area contributed by atoms with Gasteiger partial charge in [0.1, 0.15) is 11.5 Å². The maximum atomic E-state index is 12.4.